The van der Waals surface area contributed by atoms with E-state index in [0.29, 0.717) is 13.6 Å². The molecule has 4 rings (SSSR count). The molecule has 1 aromatic rings. The highest BCUT2D eigenvalue weighted by molar-refractivity contribution is 9.09. The molecule has 1 heterocycles. The van der Waals surface area contributed by atoms with Gasteiger partial charge in [-0.2, -0.15) is 0 Å². The zero-order valence-corrected chi connectivity index (χ0v) is 12.9. The van der Waals surface area contributed by atoms with Crippen molar-refractivity contribution in [2.75, 3.05) is 0 Å². The predicted octanol–water partition coefficient (Wildman–Crippen LogP) is 4.76. The highest BCUT2D eigenvalue weighted by Gasteiger charge is 2.57. The second-order valence-corrected chi connectivity index (χ2v) is 7.60. The molecule has 96 valence electrons. The van der Waals surface area contributed by atoms with Gasteiger partial charge in [0.05, 0.1) is 20.2 Å². The van der Waals surface area contributed by atoms with E-state index in [1.165, 1.54) is 11.1 Å². The van der Waals surface area contributed by atoms with Crippen LogP contribution in [0.3, 0.4) is 0 Å². The molecule has 0 bridgehead atoms. The van der Waals surface area contributed by atoms with Crippen LogP contribution in [0.4, 0.5) is 0 Å². The van der Waals surface area contributed by atoms with Gasteiger partial charge in [0, 0.05) is 10.2 Å². The lowest BCUT2D eigenvalue weighted by molar-refractivity contribution is 0.296. The average Bonchev–Trinajstić information content (AvgIpc) is 2.47. The van der Waals surface area contributed by atoms with Crippen LogP contribution in [0, 0.1) is 5.41 Å². The first kappa shape index (κ1) is 11.9. The van der Waals surface area contributed by atoms with Crippen LogP contribution in [0.25, 0.3) is 6.08 Å². The van der Waals surface area contributed by atoms with Crippen LogP contribution in [-0.4, -0.2) is 4.83 Å². The molecule has 3 heteroatoms. The van der Waals surface area contributed by atoms with Crippen LogP contribution >= 0.6 is 24.7 Å². The fourth-order valence-electron chi connectivity index (χ4n) is 3.53. The Morgan fingerprint density at radius 3 is 3.11 bits per heavy atom. The largest absolute Gasteiger partial charge is 0.484 e. The summed E-state index contributed by atoms with van der Waals surface area (Å²) in [5.74, 6) is 0. The molecular formula is C16H14BrOP. The average molecular weight is 333 g/mol. The van der Waals surface area contributed by atoms with Crippen molar-refractivity contribution in [1.29, 1.82) is 0 Å². The third-order valence-corrected chi connectivity index (χ3v) is 7.10. The van der Waals surface area contributed by atoms with Gasteiger partial charge in [-0.15, -0.1) is 0 Å². The minimum atomic E-state index is 0.00674. The Kier molecular flexibility index (Phi) is 2.56. The van der Waals surface area contributed by atoms with Gasteiger partial charge in [-0.25, -0.2) is 0 Å². The van der Waals surface area contributed by atoms with E-state index in [9.17, 15) is 0 Å². The van der Waals surface area contributed by atoms with Crippen molar-refractivity contribution in [3.63, 3.8) is 0 Å². The maximum absolute atomic E-state index is 5.76. The lowest BCUT2D eigenvalue weighted by Crippen LogP contribution is -2.50. The van der Waals surface area contributed by atoms with Gasteiger partial charge in [-0.3, -0.25) is 0 Å². The zero-order chi connectivity index (χ0) is 12.9. The number of hydrogen-bond acceptors (Lipinski definition) is 1. The van der Waals surface area contributed by atoms with Crippen molar-refractivity contribution in [2.24, 2.45) is 5.41 Å². The number of allylic oxidation sites excluding steroid dienone is 4. The molecule has 1 nitrogen and oxygen atoms in total. The van der Waals surface area contributed by atoms with Crippen LogP contribution in [0.1, 0.15) is 17.5 Å². The maximum atomic E-state index is 5.76. The Balaban J connectivity index is 2.05. The van der Waals surface area contributed by atoms with Gasteiger partial charge in [-0.1, -0.05) is 64.5 Å². The Morgan fingerprint density at radius 2 is 2.16 bits per heavy atom. The fourth-order valence-corrected chi connectivity index (χ4v) is 6.03. The Labute approximate surface area is 123 Å². The van der Waals surface area contributed by atoms with Gasteiger partial charge in [0.2, 0.25) is 0 Å². The molecule has 4 unspecified atom stereocenters. The van der Waals surface area contributed by atoms with Crippen molar-refractivity contribution >= 4 is 30.8 Å². The summed E-state index contributed by atoms with van der Waals surface area (Å²) in [6.45, 7) is 0. The molecule has 0 fully saturated rings. The second-order valence-electron chi connectivity index (χ2n) is 5.32. The van der Waals surface area contributed by atoms with Crippen LogP contribution in [0.5, 0.6) is 0 Å². The number of benzene rings is 1. The van der Waals surface area contributed by atoms with Crippen LogP contribution < -0.4 is 0 Å². The molecule has 0 spiro atoms. The molecule has 0 saturated carbocycles. The molecule has 0 radical (unpaired) electrons. The third-order valence-electron chi connectivity index (χ3n) is 4.53. The van der Waals surface area contributed by atoms with Gasteiger partial charge >= 0.3 is 0 Å². The van der Waals surface area contributed by atoms with Crippen molar-refractivity contribution < 1.29 is 4.52 Å². The van der Waals surface area contributed by atoms with E-state index in [1.54, 1.807) is 0 Å². The first-order chi connectivity index (χ1) is 9.29. The van der Waals surface area contributed by atoms with E-state index < -0.39 is 0 Å². The number of halogens is 1. The van der Waals surface area contributed by atoms with E-state index in [-0.39, 0.29) is 10.6 Å². The van der Waals surface area contributed by atoms with Gasteiger partial charge in [-0.05, 0) is 23.6 Å². The first-order valence-electron chi connectivity index (χ1n) is 6.49. The molecule has 1 aromatic carbocycles. The third kappa shape index (κ3) is 1.39. The quantitative estimate of drug-likeness (QED) is 0.378. The summed E-state index contributed by atoms with van der Waals surface area (Å²) in [6, 6.07) is 8.72. The number of hydrogen-bond donors (Lipinski definition) is 0. The summed E-state index contributed by atoms with van der Waals surface area (Å²) < 4.78 is 5.76. The monoisotopic (exact) mass is 332 g/mol. The Hall–Kier alpha value is -0.850. The van der Waals surface area contributed by atoms with Crippen molar-refractivity contribution in [3.05, 3.63) is 66.0 Å². The summed E-state index contributed by atoms with van der Waals surface area (Å²) in [5, 5.41) is 0.0516. The summed E-state index contributed by atoms with van der Waals surface area (Å²) in [7, 11) is 0.464. The summed E-state index contributed by atoms with van der Waals surface area (Å²) in [4.78, 5) is 0.325. The van der Waals surface area contributed by atoms with E-state index in [1.807, 2.05) is 6.26 Å². The molecular weight excluding hydrogens is 319 g/mol. The van der Waals surface area contributed by atoms with Crippen LogP contribution in [-0.2, 0) is 9.68 Å². The van der Waals surface area contributed by atoms with E-state index in [0.717, 1.165) is 6.42 Å². The van der Waals surface area contributed by atoms with Crippen LogP contribution in [0.15, 0.2) is 54.8 Å². The molecule has 0 N–H and O–H groups in total. The fraction of sp³-hybridized carbons (Fsp3) is 0.250. The Morgan fingerprint density at radius 1 is 1.26 bits per heavy atom. The smallest absolute Gasteiger partial charge is 0.0846 e. The summed E-state index contributed by atoms with van der Waals surface area (Å²) in [6.07, 6.45) is 14.4. The highest BCUT2D eigenvalue weighted by Crippen LogP contribution is 2.67. The van der Waals surface area contributed by atoms with Gasteiger partial charge in [0.25, 0.3) is 0 Å². The van der Waals surface area contributed by atoms with Gasteiger partial charge < -0.3 is 4.52 Å². The molecule has 2 aliphatic carbocycles. The summed E-state index contributed by atoms with van der Waals surface area (Å²) >= 11 is 3.87. The minimum absolute atomic E-state index is 0.00674. The lowest BCUT2D eigenvalue weighted by atomic mass is 9.61. The molecule has 19 heavy (non-hydrogen) atoms. The van der Waals surface area contributed by atoms with Crippen molar-refractivity contribution in [1.82, 2.24) is 0 Å². The minimum Gasteiger partial charge on any atom is -0.484 e. The van der Waals surface area contributed by atoms with E-state index >= 15 is 0 Å². The van der Waals surface area contributed by atoms with Gasteiger partial charge in [0.1, 0.15) is 0 Å². The molecule has 0 aromatic heterocycles. The standard InChI is InChI=1S/C16H14BrOP/c17-14-6-3-8-16-13-5-2-1-4-12(13)7-9-15(14,16)10-11-18-19-16/h1-7,9-11,14,19H,8H2. The van der Waals surface area contributed by atoms with Gasteiger partial charge in [0.15, 0.2) is 0 Å². The highest BCUT2D eigenvalue weighted by atomic mass is 79.9. The van der Waals surface area contributed by atoms with Crippen molar-refractivity contribution in [2.45, 2.75) is 16.4 Å². The topological polar surface area (TPSA) is 9.23 Å². The number of alkyl halides is 1. The molecule has 4 atom stereocenters. The number of rotatable bonds is 0. The normalized spacial score (nSPS) is 39.3. The van der Waals surface area contributed by atoms with E-state index in [4.69, 9.17) is 4.52 Å². The zero-order valence-electron chi connectivity index (χ0n) is 10.3. The molecule has 0 amide bonds. The first-order valence-corrected chi connectivity index (χ1v) is 8.31. The second kappa shape index (κ2) is 4.07. The molecule has 1 aliphatic heterocycles. The summed E-state index contributed by atoms with van der Waals surface area (Å²) in [5.41, 5.74) is 2.76. The predicted molar refractivity (Wildman–Crippen MR) is 84.6 cm³/mol. The molecule has 3 aliphatic rings. The van der Waals surface area contributed by atoms with Crippen molar-refractivity contribution in [3.8, 4) is 0 Å². The SMILES string of the molecule is BrC1C=CCC23POC=CC12C=Cc1ccccc13. The lowest BCUT2D eigenvalue weighted by Gasteiger charge is -2.54. The number of fused-ring (bicyclic) bond motifs is 1. The maximum Gasteiger partial charge on any atom is 0.0846 e. The van der Waals surface area contributed by atoms with Crippen LogP contribution in [0.2, 0.25) is 0 Å². The van der Waals surface area contributed by atoms with E-state index in [2.05, 4.69) is 70.6 Å². The molecule has 0 saturated heterocycles. The Bertz CT molecular complexity index is 621.